The Hall–Kier alpha value is -1.79. The van der Waals surface area contributed by atoms with Crippen LogP contribution in [0.3, 0.4) is 0 Å². The highest BCUT2D eigenvalue weighted by molar-refractivity contribution is 5.87. The third kappa shape index (κ3) is 3.65. The van der Waals surface area contributed by atoms with Gasteiger partial charge in [0.1, 0.15) is 5.60 Å². The highest BCUT2D eigenvalue weighted by atomic mass is 16.6. The number of rotatable bonds is 2. The lowest BCUT2D eigenvalue weighted by Gasteiger charge is -2.26. The highest BCUT2D eigenvalue weighted by Crippen LogP contribution is 2.38. The van der Waals surface area contributed by atoms with Crippen LogP contribution >= 0.6 is 0 Å². The first-order chi connectivity index (χ1) is 9.55. The van der Waals surface area contributed by atoms with Gasteiger partial charge in [0.2, 0.25) is 0 Å². The summed E-state index contributed by atoms with van der Waals surface area (Å²) in [4.78, 5) is 37.4. The van der Waals surface area contributed by atoms with E-state index in [1.54, 1.807) is 27.7 Å². The first-order valence-corrected chi connectivity index (χ1v) is 6.69. The maximum Gasteiger partial charge on any atom is 0.410 e. The van der Waals surface area contributed by atoms with E-state index in [1.165, 1.54) is 19.1 Å². The molecule has 0 aromatic heterocycles. The van der Waals surface area contributed by atoms with Gasteiger partial charge in [0.05, 0.1) is 25.6 Å². The molecule has 0 N–H and O–H groups in total. The minimum Gasteiger partial charge on any atom is -0.469 e. The zero-order valence-electron chi connectivity index (χ0n) is 13.4. The Labute approximate surface area is 124 Å². The molecular formula is C14H23NO6. The lowest BCUT2D eigenvalue weighted by Crippen LogP contribution is -2.41. The SMILES string of the molecule is COC(=O)[C@H]1CN(C(=O)OC(C)(C)C)C[C@]1(C)C(=O)OC. The lowest BCUT2D eigenvalue weighted by atomic mass is 9.80. The van der Waals surface area contributed by atoms with Crippen LogP contribution in [-0.2, 0) is 23.8 Å². The second-order valence-electron chi connectivity index (χ2n) is 6.35. The molecule has 1 saturated heterocycles. The van der Waals surface area contributed by atoms with Crippen LogP contribution < -0.4 is 0 Å². The van der Waals surface area contributed by atoms with Crippen molar-refractivity contribution in [3.05, 3.63) is 0 Å². The van der Waals surface area contributed by atoms with Crippen molar-refractivity contribution >= 4 is 18.0 Å². The van der Waals surface area contributed by atoms with Crippen molar-refractivity contribution in [1.29, 1.82) is 0 Å². The van der Waals surface area contributed by atoms with Gasteiger partial charge in [0, 0.05) is 13.1 Å². The van der Waals surface area contributed by atoms with Crippen molar-refractivity contribution in [2.45, 2.75) is 33.3 Å². The Kier molecular flexibility index (Phi) is 4.86. The van der Waals surface area contributed by atoms with Gasteiger partial charge in [-0.15, -0.1) is 0 Å². The summed E-state index contributed by atoms with van der Waals surface area (Å²) < 4.78 is 14.8. The molecule has 0 aromatic carbocycles. The van der Waals surface area contributed by atoms with E-state index in [1.807, 2.05) is 0 Å². The molecule has 120 valence electrons. The maximum absolute atomic E-state index is 12.1. The molecule has 0 spiro atoms. The molecule has 1 amide bonds. The van der Waals surface area contributed by atoms with E-state index in [-0.39, 0.29) is 13.1 Å². The quantitative estimate of drug-likeness (QED) is 0.563. The number of nitrogens with zero attached hydrogens (tertiary/aromatic N) is 1. The molecule has 1 aliphatic rings. The van der Waals surface area contributed by atoms with Gasteiger partial charge in [-0.1, -0.05) is 0 Å². The molecule has 1 fully saturated rings. The maximum atomic E-state index is 12.1. The topological polar surface area (TPSA) is 82.1 Å². The third-order valence-electron chi connectivity index (χ3n) is 3.48. The molecule has 0 radical (unpaired) electrons. The van der Waals surface area contributed by atoms with Gasteiger partial charge in [-0.25, -0.2) is 4.79 Å². The minimum atomic E-state index is -1.14. The lowest BCUT2D eigenvalue weighted by molar-refractivity contribution is -0.161. The average Bonchev–Trinajstić information content (AvgIpc) is 2.74. The van der Waals surface area contributed by atoms with Crippen LogP contribution in [0, 0.1) is 11.3 Å². The molecular weight excluding hydrogens is 278 g/mol. The van der Waals surface area contributed by atoms with E-state index in [4.69, 9.17) is 14.2 Å². The van der Waals surface area contributed by atoms with Crippen molar-refractivity contribution < 1.29 is 28.6 Å². The van der Waals surface area contributed by atoms with Gasteiger partial charge in [0.15, 0.2) is 0 Å². The van der Waals surface area contributed by atoms with E-state index >= 15 is 0 Å². The largest absolute Gasteiger partial charge is 0.469 e. The Balaban J connectivity index is 2.98. The summed E-state index contributed by atoms with van der Waals surface area (Å²) in [5, 5.41) is 0. The van der Waals surface area contributed by atoms with Gasteiger partial charge < -0.3 is 19.1 Å². The number of esters is 2. The smallest absolute Gasteiger partial charge is 0.410 e. The predicted octanol–water partition coefficient (Wildman–Crippen LogP) is 1.21. The molecule has 1 aliphatic heterocycles. The summed E-state index contributed by atoms with van der Waals surface area (Å²) in [6.45, 7) is 6.95. The molecule has 2 atom stereocenters. The summed E-state index contributed by atoms with van der Waals surface area (Å²) in [5.41, 5.74) is -1.79. The number of amides is 1. The number of carbonyl (C=O) groups excluding carboxylic acids is 3. The van der Waals surface area contributed by atoms with E-state index in [9.17, 15) is 14.4 Å². The number of hydrogen-bond donors (Lipinski definition) is 0. The highest BCUT2D eigenvalue weighted by Gasteiger charge is 2.55. The number of ether oxygens (including phenoxy) is 3. The van der Waals surface area contributed by atoms with Crippen molar-refractivity contribution in [3.8, 4) is 0 Å². The molecule has 0 bridgehead atoms. The summed E-state index contributed by atoms with van der Waals surface area (Å²) in [5.74, 6) is -1.87. The van der Waals surface area contributed by atoms with Gasteiger partial charge >= 0.3 is 18.0 Å². The minimum absolute atomic E-state index is 0.0500. The summed E-state index contributed by atoms with van der Waals surface area (Å²) in [7, 11) is 2.49. The van der Waals surface area contributed by atoms with Crippen LogP contribution in [0.25, 0.3) is 0 Å². The van der Waals surface area contributed by atoms with E-state index in [2.05, 4.69) is 0 Å². The molecule has 0 aromatic rings. The zero-order chi connectivity index (χ0) is 16.4. The monoisotopic (exact) mass is 301 g/mol. The molecule has 7 nitrogen and oxygen atoms in total. The Bertz CT molecular complexity index is 441. The van der Waals surface area contributed by atoms with Crippen LogP contribution in [0.2, 0.25) is 0 Å². The Morgan fingerprint density at radius 3 is 2.14 bits per heavy atom. The van der Waals surface area contributed by atoms with Crippen LogP contribution in [0.15, 0.2) is 0 Å². The second kappa shape index (κ2) is 5.91. The summed E-state index contributed by atoms with van der Waals surface area (Å²) >= 11 is 0. The zero-order valence-corrected chi connectivity index (χ0v) is 13.4. The van der Waals surface area contributed by atoms with Crippen molar-refractivity contribution in [2.24, 2.45) is 11.3 Å². The van der Waals surface area contributed by atoms with E-state index in [0.29, 0.717) is 0 Å². The van der Waals surface area contributed by atoms with Crippen LogP contribution in [0.1, 0.15) is 27.7 Å². The molecule has 0 unspecified atom stereocenters. The second-order valence-corrected chi connectivity index (χ2v) is 6.35. The van der Waals surface area contributed by atoms with Crippen molar-refractivity contribution in [2.75, 3.05) is 27.3 Å². The number of methoxy groups -OCH3 is 2. The third-order valence-corrected chi connectivity index (χ3v) is 3.48. The van der Waals surface area contributed by atoms with Crippen LogP contribution in [0.4, 0.5) is 4.79 Å². The predicted molar refractivity (Wildman–Crippen MR) is 73.4 cm³/mol. The van der Waals surface area contributed by atoms with Gasteiger partial charge in [-0.05, 0) is 27.7 Å². The molecule has 1 heterocycles. The normalized spacial score (nSPS) is 25.4. The summed E-state index contributed by atoms with van der Waals surface area (Å²) in [6.07, 6.45) is -0.566. The molecule has 0 saturated carbocycles. The van der Waals surface area contributed by atoms with Gasteiger partial charge in [-0.3, -0.25) is 9.59 Å². The molecule has 1 rings (SSSR count). The fraction of sp³-hybridized carbons (Fsp3) is 0.786. The van der Waals surface area contributed by atoms with Gasteiger partial charge in [-0.2, -0.15) is 0 Å². The number of carbonyl (C=O) groups is 3. The Morgan fingerprint density at radius 2 is 1.71 bits per heavy atom. The first-order valence-electron chi connectivity index (χ1n) is 6.69. The fourth-order valence-corrected chi connectivity index (χ4v) is 2.38. The Morgan fingerprint density at radius 1 is 1.14 bits per heavy atom. The molecule has 21 heavy (non-hydrogen) atoms. The first kappa shape index (κ1) is 17.3. The van der Waals surface area contributed by atoms with E-state index in [0.717, 1.165) is 0 Å². The fourth-order valence-electron chi connectivity index (χ4n) is 2.38. The van der Waals surface area contributed by atoms with Crippen LogP contribution in [-0.4, -0.2) is 55.8 Å². The average molecular weight is 301 g/mol. The number of hydrogen-bond acceptors (Lipinski definition) is 6. The number of likely N-dealkylation sites (tertiary alicyclic amines) is 1. The molecule has 7 heteroatoms. The summed E-state index contributed by atoms with van der Waals surface area (Å²) in [6, 6.07) is 0. The van der Waals surface area contributed by atoms with Gasteiger partial charge in [0.25, 0.3) is 0 Å². The standard InChI is InChI=1S/C14H23NO6/c1-13(2,3)21-12(18)15-7-9(10(16)19-5)14(4,8-15)11(17)20-6/h9H,7-8H2,1-6H3/t9-,14+/m1/s1. The van der Waals surface area contributed by atoms with Crippen molar-refractivity contribution in [3.63, 3.8) is 0 Å². The van der Waals surface area contributed by atoms with Crippen LogP contribution in [0.5, 0.6) is 0 Å². The molecule has 0 aliphatic carbocycles. The van der Waals surface area contributed by atoms with E-state index < -0.39 is 35.0 Å². The van der Waals surface area contributed by atoms with Crippen molar-refractivity contribution in [1.82, 2.24) is 4.90 Å².